The molecule has 1 unspecified atom stereocenters. The summed E-state index contributed by atoms with van der Waals surface area (Å²) in [6.07, 6.45) is 4.20. The van der Waals surface area contributed by atoms with Gasteiger partial charge in [-0.25, -0.2) is 14.4 Å². The van der Waals surface area contributed by atoms with Gasteiger partial charge in [-0.3, -0.25) is 18.9 Å². The molecule has 2 saturated heterocycles. The number of halogens is 2. The highest BCUT2D eigenvalue weighted by molar-refractivity contribution is 7.59. The summed E-state index contributed by atoms with van der Waals surface area (Å²) in [4.78, 5) is 66.7. The lowest BCUT2D eigenvalue weighted by atomic mass is 9.96. The molecule has 2 aromatic carbocycles. The third kappa shape index (κ3) is 10.4. The molecule has 2 aliphatic carbocycles. The van der Waals surface area contributed by atoms with Crippen LogP contribution < -0.4 is 14.8 Å². The highest BCUT2D eigenvalue weighted by atomic mass is 35.5. The van der Waals surface area contributed by atoms with E-state index in [0.29, 0.717) is 89.8 Å². The van der Waals surface area contributed by atoms with E-state index in [1.54, 1.807) is 37.3 Å². The molecule has 2 aliphatic heterocycles. The van der Waals surface area contributed by atoms with Gasteiger partial charge in [0.25, 0.3) is 0 Å². The van der Waals surface area contributed by atoms with Gasteiger partial charge in [0.05, 0.1) is 48.6 Å². The number of esters is 1. The second-order valence-corrected chi connectivity index (χ2v) is 22.4. The van der Waals surface area contributed by atoms with Crippen LogP contribution in [-0.2, 0) is 34.6 Å². The van der Waals surface area contributed by atoms with Gasteiger partial charge in [-0.05, 0) is 108 Å². The summed E-state index contributed by atoms with van der Waals surface area (Å²) < 4.78 is 54.2. The number of rotatable bonds is 12. The van der Waals surface area contributed by atoms with Gasteiger partial charge in [0, 0.05) is 60.4 Å². The smallest absolute Gasteiger partial charge is 0.306 e. The Labute approximate surface area is 388 Å². The number of amides is 1. The third-order valence-corrected chi connectivity index (χ3v) is 17.6. The van der Waals surface area contributed by atoms with E-state index in [1.807, 2.05) is 19.2 Å². The molecule has 4 aromatic rings. The van der Waals surface area contributed by atoms with Crippen molar-refractivity contribution in [3.8, 4) is 22.9 Å². The van der Waals surface area contributed by atoms with Gasteiger partial charge in [0.15, 0.2) is 10.9 Å². The summed E-state index contributed by atoms with van der Waals surface area (Å²) in [5.41, 5.74) is 2.22. The molecule has 65 heavy (non-hydrogen) atoms. The second kappa shape index (κ2) is 20.0. The van der Waals surface area contributed by atoms with Crippen molar-refractivity contribution in [3.05, 3.63) is 63.7 Å². The van der Waals surface area contributed by atoms with Crippen molar-refractivity contribution in [1.82, 2.24) is 14.9 Å². The number of hydrogen-bond donors (Lipinski definition) is 2. The van der Waals surface area contributed by atoms with E-state index in [-0.39, 0.29) is 66.1 Å². The maximum absolute atomic E-state index is 15.2. The monoisotopic (exact) mass is 952 g/mol. The molecule has 1 amide bonds. The Kier molecular flexibility index (Phi) is 14.6. The van der Waals surface area contributed by atoms with Crippen molar-refractivity contribution < 1.29 is 47.2 Å². The average molecular weight is 954 g/mol. The molecule has 4 heterocycles. The molecular formula is C48H59ClFN4O9PS. The van der Waals surface area contributed by atoms with Gasteiger partial charge in [-0.2, -0.15) is 0 Å². The summed E-state index contributed by atoms with van der Waals surface area (Å²) in [6, 6.07) is 8.97. The number of carbonyl (C=O) groups excluding carboxylic acids is 3. The fourth-order valence-corrected chi connectivity index (χ4v) is 13.9. The van der Waals surface area contributed by atoms with Crippen LogP contribution in [0.4, 0.5) is 9.52 Å². The van der Waals surface area contributed by atoms with Crippen molar-refractivity contribution in [2.45, 2.75) is 133 Å². The van der Waals surface area contributed by atoms with Gasteiger partial charge in [-0.15, -0.1) is 11.3 Å². The van der Waals surface area contributed by atoms with E-state index in [0.717, 1.165) is 25.7 Å². The summed E-state index contributed by atoms with van der Waals surface area (Å²) in [5.74, 6) is -2.03. The molecule has 2 N–H and O–H groups in total. The Morgan fingerprint density at radius 1 is 1.06 bits per heavy atom. The molecule has 350 valence electrons. The Balaban J connectivity index is 1.14. The molecule has 4 fully saturated rings. The largest absolute Gasteiger partial charge is 0.495 e. The zero-order valence-corrected chi connectivity index (χ0v) is 40.0. The average Bonchev–Trinajstić information content (AvgIpc) is 3.68. The number of carbonyl (C=O) groups is 3. The Hall–Kier alpha value is -4.14. The van der Waals surface area contributed by atoms with Gasteiger partial charge in [0.2, 0.25) is 13.3 Å². The van der Waals surface area contributed by atoms with Crippen LogP contribution in [0.15, 0.2) is 41.8 Å². The number of ether oxygens (including phenoxy) is 4. The molecule has 2 aromatic heterocycles. The lowest BCUT2D eigenvalue weighted by Crippen LogP contribution is -2.45. The molecule has 13 nitrogen and oxygen atoms in total. The number of pyridine rings is 1. The van der Waals surface area contributed by atoms with E-state index in [2.05, 4.69) is 5.32 Å². The predicted molar refractivity (Wildman–Crippen MR) is 249 cm³/mol. The number of ketones is 1. The maximum Gasteiger partial charge on any atom is 0.306 e. The first-order valence-electron chi connectivity index (χ1n) is 22.9. The first-order valence-corrected chi connectivity index (χ1v) is 26.0. The van der Waals surface area contributed by atoms with Crippen LogP contribution in [-0.4, -0.2) is 93.7 Å². The number of benzene rings is 2. The Morgan fingerprint density at radius 2 is 1.83 bits per heavy atom. The van der Waals surface area contributed by atoms with Crippen molar-refractivity contribution >= 4 is 64.0 Å². The highest BCUT2D eigenvalue weighted by Crippen LogP contribution is 2.75. The molecule has 0 bridgehead atoms. The fourth-order valence-electron chi connectivity index (χ4n) is 10.0. The highest BCUT2D eigenvalue weighted by Gasteiger charge is 2.66. The number of nitrogens with zero attached hydrogens (tertiary/aromatic N) is 3. The summed E-state index contributed by atoms with van der Waals surface area (Å²) in [7, 11) is -2.72. The van der Waals surface area contributed by atoms with Gasteiger partial charge < -0.3 is 34.1 Å². The van der Waals surface area contributed by atoms with Gasteiger partial charge in [0.1, 0.15) is 40.2 Å². The number of thiazole rings is 1. The van der Waals surface area contributed by atoms with Crippen LogP contribution in [0.1, 0.15) is 102 Å². The number of aryl methyl sites for hydroxylation is 1. The zero-order chi connectivity index (χ0) is 46.0. The van der Waals surface area contributed by atoms with E-state index in [4.69, 9.17) is 40.5 Å². The Bertz CT molecular complexity index is 2450. The number of methoxy groups -OCH3 is 1. The third-order valence-electron chi connectivity index (χ3n) is 13.6. The fraction of sp³-hybridized carbons (Fsp3) is 0.562. The lowest BCUT2D eigenvalue weighted by molar-refractivity contribution is -0.154. The number of aromatic nitrogens is 2. The number of Topliss-reactive ketones (excluding diaryl/α,β-unsaturated/α-hetero) is 1. The molecule has 2 saturated carbocycles. The van der Waals surface area contributed by atoms with Crippen molar-refractivity contribution in [1.29, 1.82) is 0 Å². The molecule has 0 spiro atoms. The molecular weight excluding hydrogens is 894 g/mol. The van der Waals surface area contributed by atoms with Gasteiger partial charge in [-0.1, -0.05) is 23.7 Å². The van der Waals surface area contributed by atoms with Gasteiger partial charge >= 0.3 is 5.97 Å². The maximum atomic E-state index is 15.2. The minimum atomic E-state index is -4.24. The van der Waals surface area contributed by atoms with E-state index < -0.39 is 48.5 Å². The number of nitrogens with one attached hydrogen (secondary N) is 1. The van der Waals surface area contributed by atoms with Crippen molar-refractivity contribution in [2.75, 3.05) is 32.2 Å². The molecule has 17 heteroatoms. The quantitative estimate of drug-likeness (QED) is 0.102. The van der Waals surface area contributed by atoms with Crippen LogP contribution in [0.25, 0.3) is 22.3 Å². The number of anilines is 1. The molecule has 0 radical (unpaired) electrons. The van der Waals surface area contributed by atoms with Crippen LogP contribution in [0, 0.1) is 24.6 Å². The van der Waals surface area contributed by atoms with E-state index in [9.17, 15) is 19.0 Å². The summed E-state index contributed by atoms with van der Waals surface area (Å²) in [6.45, 7) is 6.52. The van der Waals surface area contributed by atoms with E-state index >= 15 is 9.18 Å². The van der Waals surface area contributed by atoms with Crippen molar-refractivity contribution in [3.63, 3.8) is 0 Å². The normalized spacial score (nSPS) is 25.4. The van der Waals surface area contributed by atoms with Crippen LogP contribution in [0.5, 0.6) is 11.5 Å². The summed E-state index contributed by atoms with van der Waals surface area (Å²) in [5, 5.41) is 5.47. The minimum Gasteiger partial charge on any atom is -0.495 e. The zero-order valence-electron chi connectivity index (χ0n) is 37.5. The first kappa shape index (κ1) is 47.4. The van der Waals surface area contributed by atoms with Crippen LogP contribution in [0.2, 0.25) is 5.02 Å². The second-order valence-electron chi connectivity index (χ2n) is 18.5. The molecule has 4 aliphatic rings. The van der Waals surface area contributed by atoms with Crippen molar-refractivity contribution in [2.24, 2.45) is 11.8 Å². The number of hydrogen-bond acceptors (Lipinski definition) is 12. The van der Waals surface area contributed by atoms with Crippen LogP contribution in [0.3, 0.4) is 0 Å². The minimum absolute atomic E-state index is 0.00371. The standard InChI is InChI=1S/C48H59ClFN4O9PS/c1-28(2)51-47-53-38(27-65-47)37-22-42(34-16-17-41(60-4)44(49)45(34)52-37)62-33-21-39-40(55)24-48(64(58,59)26-35-29(3)10-7-15-36(35)50)23-31(48)12-9-19-61-18-8-11-30(46(57)54(39)25-33)20-43(56)63-32-13-5-6-14-32/h7,10,15-17,22,27-28,30-33,39H,5-6,8-9,11-14,18-21,23-26H2,1-4H3,(H,51,53)(H,58,59)/t30-,31+,33-,39+,48-/m1/s1. The predicted octanol–water partition coefficient (Wildman–Crippen LogP) is 9.91. The molecule has 6 atom stereocenters. The number of fused-ring (bicyclic) bond motifs is 3. The Morgan fingerprint density at radius 3 is 2.57 bits per heavy atom. The molecule has 8 rings (SSSR count). The SMILES string of the molecule is COc1ccc2c(O[C@@H]3C[C@H]4C(=O)C[C@]5(P(=O)(O)Cc6c(C)cccc6F)C[C@@H]5CCCOCCC[C@H](CC(=O)OC5CCCC5)C(=O)N4C3)cc(-c3csc(NC(C)C)n3)nc2c1Cl. The van der Waals surface area contributed by atoms with E-state index in [1.165, 1.54) is 29.4 Å². The van der Waals surface area contributed by atoms with Crippen LogP contribution >= 0.6 is 30.3 Å². The summed E-state index contributed by atoms with van der Waals surface area (Å²) >= 11 is 8.33. The first-order chi connectivity index (χ1) is 31.2. The topological polar surface area (TPSA) is 166 Å². The lowest BCUT2D eigenvalue weighted by Gasteiger charge is -2.30.